The van der Waals surface area contributed by atoms with Crippen molar-refractivity contribution in [2.75, 3.05) is 33.7 Å². The Morgan fingerprint density at radius 2 is 1.18 bits per heavy atom. The van der Waals surface area contributed by atoms with E-state index in [0.29, 0.717) is 0 Å². The third-order valence-corrected chi connectivity index (χ3v) is 2.81. The summed E-state index contributed by atoms with van der Waals surface area (Å²) in [5, 5.41) is 9.35. The fraction of sp³-hybridized carbons (Fsp3) is 1.00. The van der Waals surface area contributed by atoms with Crippen molar-refractivity contribution >= 4 is 0 Å². The Kier molecular flexibility index (Phi) is 20.6. The standard InChI is InChI=1S/C8H17N.2C3H9N/c1-2-9-8-6-4-3-5-7-8;2*1-3-4-2/h8-9H,2-7H2,1H3;2*4H,3H2,1-2H3. The number of hydrogen-bond donors (Lipinski definition) is 3. The zero-order chi connectivity index (χ0) is 13.4. The van der Waals surface area contributed by atoms with Gasteiger partial charge in [-0.2, -0.15) is 0 Å². The van der Waals surface area contributed by atoms with Crippen LogP contribution >= 0.6 is 0 Å². The quantitative estimate of drug-likeness (QED) is 0.712. The monoisotopic (exact) mass is 245 g/mol. The van der Waals surface area contributed by atoms with Gasteiger partial charge in [-0.05, 0) is 46.6 Å². The average Bonchev–Trinajstić information content (AvgIpc) is 2.41. The SMILES string of the molecule is CCNC.CCNC.CCNC1CCCCC1. The zero-order valence-electron chi connectivity index (χ0n) is 12.7. The summed E-state index contributed by atoms with van der Waals surface area (Å²) in [4.78, 5) is 0. The van der Waals surface area contributed by atoms with Gasteiger partial charge >= 0.3 is 0 Å². The summed E-state index contributed by atoms with van der Waals surface area (Å²) >= 11 is 0. The normalized spacial score (nSPS) is 15.4. The third kappa shape index (κ3) is 18.4. The summed E-state index contributed by atoms with van der Waals surface area (Å²) in [7, 11) is 3.86. The topological polar surface area (TPSA) is 36.1 Å². The maximum Gasteiger partial charge on any atom is 0.00669 e. The van der Waals surface area contributed by atoms with Gasteiger partial charge in [-0.1, -0.05) is 40.0 Å². The van der Waals surface area contributed by atoms with Crippen LogP contribution in [0, 0.1) is 0 Å². The lowest BCUT2D eigenvalue weighted by atomic mass is 9.96. The fourth-order valence-corrected chi connectivity index (χ4v) is 1.60. The minimum Gasteiger partial charge on any atom is -0.320 e. The lowest BCUT2D eigenvalue weighted by Crippen LogP contribution is -2.30. The maximum atomic E-state index is 3.48. The van der Waals surface area contributed by atoms with E-state index in [4.69, 9.17) is 0 Å². The molecule has 0 saturated heterocycles. The summed E-state index contributed by atoms with van der Waals surface area (Å²) in [6.45, 7) is 9.61. The summed E-state index contributed by atoms with van der Waals surface area (Å²) in [6, 6.07) is 0.851. The van der Waals surface area contributed by atoms with Crippen LogP contribution in [0.15, 0.2) is 0 Å². The minimum absolute atomic E-state index is 0.851. The van der Waals surface area contributed by atoms with Crippen LogP contribution in [0.4, 0.5) is 0 Å². The number of rotatable bonds is 4. The lowest BCUT2D eigenvalue weighted by Gasteiger charge is -2.21. The van der Waals surface area contributed by atoms with Gasteiger partial charge in [-0.15, -0.1) is 0 Å². The zero-order valence-corrected chi connectivity index (χ0v) is 12.7. The molecular formula is C14H35N3. The summed E-state index contributed by atoms with van der Waals surface area (Å²) < 4.78 is 0. The van der Waals surface area contributed by atoms with Crippen molar-refractivity contribution in [2.24, 2.45) is 0 Å². The average molecular weight is 245 g/mol. The number of nitrogens with one attached hydrogen (secondary N) is 3. The Labute approximate surface area is 109 Å². The summed E-state index contributed by atoms with van der Waals surface area (Å²) in [5.41, 5.74) is 0. The highest BCUT2D eigenvalue weighted by Crippen LogP contribution is 2.16. The van der Waals surface area contributed by atoms with Crippen molar-refractivity contribution < 1.29 is 0 Å². The molecule has 3 N–H and O–H groups in total. The van der Waals surface area contributed by atoms with Crippen molar-refractivity contribution in [2.45, 2.75) is 58.9 Å². The predicted octanol–water partition coefficient (Wildman–Crippen LogP) is 2.38. The highest BCUT2D eigenvalue weighted by Gasteiger charge is 2.10. The van der Waals surface area contributed by atoms with Gasteiger partial charge in [0.1, 0.15) is 0 Å². The maximum absolute atomic E-state index is 3.48. The van der Waals surface area contributed by atoms with E-state index in [-0.39, 0.29) is 0 Å². The van der Waals surface area contributed by atoms with Gasteiger partial charge < -0.3 is 16.0 Å². The van der Waals surface area contributed by atoms with Crippen LogP contribution in [0.3, 0.4) is 0 Å². The molecule has 0 unspecified atom stereocenters. The first kappa shape index (κ1) is 19.2. The van der Waals surface area contributed by atoms with Crippen LogP contribution in [0.2, 0.25) is 0 Å². The molecule has 0 heterocycles. The molecule has 0 spiro atoms. The highest BCUT2D eigenvalue weighted by atomic mass is 14.9. The summed E-state index contributed by atoms with van der Waals surface area (Å²) in [6.07, 6.45) is 7.17. The van der Waals surface area contributed by atoms with E-state index in [0.717, 1.165) is 25.7 Å². The van der Waals surface area contributed by atoms with Crippen LogP contribution in [-0.2, 0) is 0 Å². The van der Waals surface area contributed by atoms with Crippen LogP contribution in [0.1, 0.15) is 52.9 Å². The Hall–Kier alpha value is -0.120. The van der Waals surface area contributed by atoms with E-state index in [1.54, 1.807) is 0 Å². The smallest absolute Gasteiger partial charge is 0.00669 e. The van der Waals surface area contributed by atoms with E-state index in [9.17, 15) is 0 Å². The van der Waals surface area contributed by atoms with Crippen molar-refractivity contribution in [3.63, 3.8) is 0 Å². The van der Waals surface area contributed by atoms with E-state index >= 15 is 0 Å². The Balaban J connectivity index is 0. The molecule has 0 atom stereocenters. The van der Waals surface area contributed by atoms with E-state index in [1.165, 1.54) is 32.1 Å². The minimum atomic E-state index is 0.851. The van der Waals surface area contributed by atoms with Gasteiger partial charge in [0.15, 0.2) is 0 Å². The van der Waals surface area contributed by atoms with Crippen LogP contribution < -0.4 is 16.0 Å². The second-order valence-corrected chi connectivity index (χ2v) is 4.31. The van der Waals surface area contributed by atoms with Gasteiger partial charge in [0.25, 0.3) is 0 Å². The Bertz CT molecular complexity index is 101. The van der Waals surface area contributed by atoms with Gasteiger partial charge in [-0.25, -0.2) is 0 Å². The van der Waals surface area contributed by atoms with Crippen molar-refractivity contribution in [1.82, 2.24) is 16.0 Å². The molecule has 3 heteroatoms. The summed E-state index contributed by atoms with van der Waals surface area (Å²) in [5.74, 6) is 0. The van der Waals surface area contributed by atoms with Gasteiger partial charge in [0.05, 0.1) is 0 Å². The molecule has 3 nitrogen and oxygen atoms in total. The molecule has 1 rings (SSSR count). The van der Waals surface area contributed by atoms with E-state index in [2.05, 4.69) is 36.7 Å². The second-order valence-electron chi connectivity index (χ2n) is 4.31. The predicted molar refractivity (Wildman–Crippen MR) is 79.8 cm³/mol. The molecule has 1 fully saturated rings. The lowest BCUT2D eigenvalue weighted by molar-refractivity contribution is 0.380. The molecular weight excluding hydrogens is 210 g/mol. The largest absolute Gasteiger partial charge is 0.320 e. The van der Waals surface area contributed by atoms with Gasteiger partial charge in [0, 0.05) is 6.04 Å². The molecule has 0 aliphatic heterocycles. The van der Waals surface area contributed by atoms with Crippen molar-refractivity contribution in [3.05, 3.63) is 0 Å². The third-order valence-electron chi connectivity index (χ3n) is 2.81. The molecule has 1 aliphatic rings. The molecule has 17 heavy (non-hydrogen) atoms. The first-order valence-electron chi connectivity index (χ1n) is 7.29. The molecule has 1 aliphatic carbocycles. The Morgan fingerprint density at radius 3 is 1.47 bits per heavy atom. The molecule has 106 valence electrons. The molecule has 0 radical (unpaired) electrons. The number of hydrogen-bond acceptors (Lipinski definition) is 3. The molecule has 0 amide bonds. The van der Waals surface area contributed by atoms with Crippen molar-refractivity contribution in [3.8, 4) is 0 Å². The van der Waals surface area contributed by atoms with Crippen molar-refractivity contribution in [1.29, 1.82) is 0 Å². The molecule has 0 aromatic rings. The van der Waals surface area contributed by atoms with Gasteiger partial charge in [0.2, 0.25) is 0 Å². The Morgan fingerprint density at radius 1 is 0.765 bits per heavy atom. The molecule has 0 bridgehead atoms. The molecule has 0 aromatic heterocycles. The molecule has 0 aromatic carbocycles. The second kappa shape index (κ2) is 18.3. The fourth-order valence-electron chi connectivity index (χ4n) is 1.60. The molecule has 1 saturated carbocycles. The first-order valence-corrected chi connectivity index (χ1v) is 7.29. The van der Waals surface area contributed by atoms with Crippen LogP contribution in [0.25, 0.3) is 0 Å². The first-order chi connectivity index (χ1) is 8.26. The van der Waals surface area contributed by atoms with E-state index < -0.39 is 0 Å². The highest BCUT2D eigenvalue weighted by molar-refractivity contribution is 4.70. The van der Waals surface area contributed by atoms with Gasteiger partial charge in [-0.3, -0.25) is 0 Å². The van der Waals surface area contributed by atoms with Crippen LogP contribution in [0.5, 0.6) is 0 Å². The van der Waals surface area contributed by atoms with E-state index in [1.807, 2.05) is 14.1 Å². The van der Waals surface area contributed by atoms with Crippen LogP contribution in [-0.4, -0.2) is 39.8 Å².